The molecular formula is C13H13N3O3. The first kappa shape index (κ1) is 12.9. The first-order valence-corrected chi connectivity index (χ1v) is 5.75. The van der Waals surface area contributed by atoms with Gasteiger partial charge in [0, 0.05) is 6.92 Å². The van der Waals surface area contributed by atoms with Crippen molar-refractivity contribution >= 4 is 17.4 Å². The van der Waals surface area contributed by atoms with Gasteiger partial charge in [-0.3, -0.25) is 9.59 Å². The Bertz CT molecular complexity index is 619. The molecule has 6 nitrogen and oxygen atoms in total. The maximum absolute atomic E-state index is 11.6. The van der Waals surface area contributed by atoms with Crippen LogP contribution in [0.25, 0.3) is 11.5 Å². The lowest BCUT2D eigenvalue weighted by Gasteiger charge is -2.07. The Hall–Kier alpha value is -2.50. The highest BCUT2D eigenvalue weighted by molar-refractivity contribution is 6.04. The number of Topliss-reactive ketones (excluding diaryl/α,β-unsaturated/α-hetero) is 1. The molecule has 0 atom stereocenters. The van der Waals surface area contributed by atoms with Crippen LogP contribution >= 0.6 is 0 Å². The Labute approximate surface area is 109 Å². The van der Waals surface area contributed by atoms with Crippen LogP contribution in [0.4, 0.5) is 5.69 Å². The molecule has 0 aliphatic carbocycles. The number of carbonyl (C=O) groups is 2. The van der Waals surface area contributed by atoms with E-state index in [2.05, 4.69) is 15.5 Å². The molecule has 0 bridgehead atoms. The largest absolute Gasteiger partial charge is 0.421 e. The van der Waals surface area contributed by atoms with E-state index in [0.29, 0.717) is 23.0 Å². The topological polar surface area (TPSA) is 85.1 Å². The van der Waals surface area contributed by atoms with Gasteiger partial charge < -0.3 is 9.73 Å². The van der Waals surface area contributed by atoms with E-state index in [9.17, 15) is 9.59 Å². The molecule has 1 heterocycles. The van der Waals surface area contributed by atoms with Crippen molar-refractivity contribution < 1.29 is 14.0 Å². The molecule has 0 unspecified atom stereocenters. The highest BCUT2D eigenvalue weighted by atomic mass is 16.4. The van der Waals surface area contributed by atoms with Crippen LogP contribution in [0, 0.1) is 6.92 Å². The van der Waals surface area contributed by atoms with Crippen LogP contribution in [0.15, 0.2) is 28.7 Å². The molecule has 1 N–H and O–H groups in total. The van der Waals surface area contributed by atoms with E-state index in [4.69, 9.17) is 4.42 Å². The van der Waals surface area contributed by atoms with Gasteiger partial charge in [0.2, 0.25) is 17.7 Å². The first-order chi connectivity index (χ1) is 9.06. The van der Waals surface area contributed by atoms with Gasteiger partial charge in [-0.1, -0.05) is 12.1 Å². The summed E-state index contributed by atoms with van der Waals surface area (Å²) in [6.07, 6.45) is -0.156. The molecule has 19 heavy (non-hydrogen) atoms. The zero-order chi connectivity index (χ0) is 13.8. The lowest BCUT2D eigenvalue weighted by molar-refractivity contribution is -0.124. The van der Waals surface area contributed by atoms with Gasteiger partial charge in [-0.15, -0.1) is 10.2 Å². The minimum absolute atomic E-state index is 0.156. The van der Waals surface area contributed by atoms with Crippen molar-refractivity contribution in [2.75, 3.05) is 5.32 Å². The Balaban J connectivity index is 2.26. The van der Waals surface area contributed by atoms with Crippen LogP contribution < -0.4 is 5.32 Å². The molecule has 98 valence electrons. The highest BCUT2D eigenvalue weighted by Crippen LogP contribution is 2.26. The predicted molar refractivity (Wildman–Crippen MR) is 68.4 cm³/mol. The fourth-order valence-electron chi connectivity index (χ4n) is 1.60. The third-order valence-corrected chi connectivity index (χ3v) is 2.37. The quantitative estimate of drug-likeness (QED) is 0.848. The fourth-order valence-corrected chi connectivity index (χ4v) is 1.60. The molecular weight excluding hydrogens is 246 g/mol. The molecule has 6 heteroatoms. The maximum Gasteiger partial charge on any atom is 0.249 e. The number of nitrogens with zero attached hydrogens (tertiary/aromatic N) is 2. The number of hydrogen-bond donors (Lipinski definition) is 1. The fraction of sp³-hybridized carbons (Fsp3) is 0.231. The SMILES string of the molecule is CC(=O)CC(=O)Nc1ccccc1-c1nnc(C)o1. The number of para-hydroxylation sites is 1. The molecule has 1 aromatic heterocycles. The number of benzene rings is 1. The van der Waals surface area contributed by atoms with E-state index in [1.807, 2.05) is 0 Å². The number of aryl methyl sites for hydroxylation is 1. The van der Waals surface area contributed by atoms with Crippen molar-refractivity contribution in [3.63, 3.8) is 0 Å². The van der Waals surface area contributed by atoms with Crippen molar-refractivity contribution in [2.24, 2.45) is 0 Å². The van der Waals surface area contributed by atoms with E-state index in [-0.39, 0.29) is 18.1 Å². The van der Waals surface area contributed by atoms with Crippen LogP contribution in [0.5, 0.6) is 0 Å². The monoisotopic (exact) mass is 259 g/mol. The van der Waals surface area contributed by atoms with Crippen LogP contribution in [0.2, 0.25) is 0 Å². The third-order valence-electron chi connectivity index (χ3n) is 2.37. The number of aromatic nitrogens is 2. The van der Waals surface area contributed by atoms with E-state index in [0.717, 1.165) is 0 Å². The Morgan fingerprint density at radius 1 is 1.26 bits per heavy atom. The molecule has 1 aromatic carbocycles. The Morgan fingerprint density at radius 3 is 2.63 bits per heavy atom. The number of amides is 1. The van der Waals surface area contributed by atoms with Crippen LogP contribution in [-0.2, 0) is 9.59 Å². The number of nitrogens with one attached hydrogen (secondary N) is 1. The Morgan fingerprint density at radius 2 is 2.00 bits per heavy atom. The van der Waals surface area contributed by atoms with Crippen LogP contribution in [0.1, 0.15) is 19.2 Å². The summed E-state index contributed by atoms with van der Waals surface area (Å²) in [6, 6.07) is 7.05. The lowest BCUT2D eigenvalue weighted by Crippen LogP contribution is -2.15. The first-order valence-electron chi connectivity index (χ1n) is 5.75. The van der Waals surface area contributed by atoms with Gasteiger partial charge >= 0.3 is 0 Å². The zero-order valence-electron chi connectivity index (χ0n) is 10.6. The number of carbonyl (C=O) groups excluding carboxylic acids is 2. The molecule has 0 radical (unpaired) electrons. The molecule has 2 aromatic rings. The second kappa shape index (κ2) is 5.43. The number of rotatable bonds is 4. The Kier molecular flexibility index (Phi) is 3.70. The van der Waals surface area contributed by atoms with Crippen LogP contribution in [-0.4, -0.2) is 21.9 Å². The summed E-state index contributed by atoms with van der Waals surface area (Å²) in [5.74, 6) is 0.218. The van der Waals surface area contributed by atoms with E-state index < -0.39 is 0 Å². The van der Waals surface area contributed by atoms with Gasteiger partial charge in [0.05, 0.1) is 17.7 Å². The van der Waals surface area contributed by atoms with Crippen molar-refractivity contribution in [1.29, 1.82) is 0 Å². The molecule has 0 spiro atoms. The predicted octanol–water partition coefficient (Wildman–Crippen LogP) is 1.96. The molecule has 0 saturated heterocycles. The number of hydrogen-bond acceptors (Lipinski definition) is 5. The second-order valence-electron chi connectivity index (χ2n) is 4.10. The second-order valence-corrected chi connectivity index (χ2v) is 4.10. The minimum atomic E-state index is -0.365. The molecule has 0 aliphatic heterocycles. The van der Waals surface area contributed by atoms with Gasteiger partial charge in [-0.25, -0.2) is 0 Å². The minimum Gasteiger partial charge on any atom is -0.421 e. The average Bonchev–Trinajstić information content (AvgIpc) is 2.75. The highest BCUT2D eigenvalue weighted by Gasteiger charge is 2.13. The van der Waals surface area contributed by atoms with Crippen LogP contribution in [0.3, 0.4) is 0 Å². The summed E-state index contributed by atoms with van der Waals surface area (Å²) in [5, 5.41) is 10.3. The number of ketones is 1. The van der Waals surface area contributed by atoms with E-state index >= 15 is 0 Å². The summed E-state index contributed by atoms with van der Waals surface area (Å²) in [7, 11) is 0. The maximum atomic E-state index is 11.6. The number of anilines is 1. The zero-order valence-corrected chi connectivity index (χ0v) is 10.6. The van der Waals surface area contributed by atoms with E-state index in [1.54, 1.807) is 31.2 Å². The molecule has 2 rings (SSSR count). The molecule has 1 amide bonds. The summed E-state index contributed by atoms with van der Waals surface area (Å²) in [5.41, 5.74) is 1.16. The van der Waals surface area contributed by atoms with Crippen molar-refractivity contribution in [2.45, 2.75) is 20.3 Å². The summed E-state index contributed by atoms with van der Waals surface area (Å²) < 4.78 is 5.33. The summed E-state index contributed by atoms with van der Waals surface area (Å²) >= 11 is 0. The van der Waals surface area contributed by atoms with Gasteiger partial charge in [0.15, 0.2) is 0 Å². The van der Waals surface area contributed by atoms with Gasteiger partial charge in [0.25, 0.3) is 0 Å². The van der Waals surface area contributed by atoms with Gasteiger partial charge in [0.1, 0.15) is 5.78 Å². The van der Waals surface area contributed by atoms with Gasteiger partial charge in [-0.2, -0.15) is 0 Å². The lowest BCUT2D eigenvalue weighted by atomic mass is 10.1. The normalized spacial score (nSPS) is 10.2. The smallest absolute Gasteiger partial charge is 0.249 e. The van der Waals surface area contributed by atoms with Crippen molar-refractivity contribution in [3.05, 3.63) is 30.2 Å². The molecule has 0 aliphatic rings. The van der Waals surface area contributed by atoms with E-state index in [1.165, 1.54) is 6.92 Å². The third kappa shape index (κ3) is 3.25. The van der Waals surface area contributed by atoms with Crippen molar-refractivity contribution in [3.8, 4) is 11.5 Å². The van der Waals surface area contributed by atoms with Crippen molar-refractivity contribution in [1.82, 2.24) is 10.2 Å². The average molecular weight is 259 g/mol. The summed E-state index contributed by atoms with van der Waals surface area (Å²) in [6.45, 7) is 3.06. The summed E-state index contributed by atoms with van der Waals surface area (Å²) in [4.78, 5) is 22.5. The standard InChI is InChI=1S/C13H13N3O3/c1-8(17)7-12(18)14-11-6-4-3-5-10(11)13-16-15-9(2)19-13/h3-6H,7H2,1-2H3,(H,14,18). The van der Waals surface area contributed by atoms with Gasteiger partial charge in [-0.05, 0) is 19.1 Å². The molecule has 0 saturated carbocycles. The molecule has 0 fully saturated rings.